The number of rotatable bonds is 0. The predicted octanol–water partition coefficient (Wildman–Crippen LogP) is 1.53. The summed E-state index contributed by atoms with van der Waals surface area (Å²) in [5.41, 5.74) is 1.04. The molecule has 0 spiro atoms. The van der Waals surface area contributed by atoms with Crippen LogP contribution in [0.15, 0.2) is 22.8 Å². The molecule has 1 rings (SSSR count). The van der Waals surface area contributed by atoms with Crippen molar-refractivity contribution in [1.29, 1.82) is 0 Å². The van der Waals surface area contributed by atoms with Crippen LogP contribution in [0.3, 0.4) is 0 Å². The molecule has 0 aliphatic rings. The number of pyridine rings is 1. The van der Waals surface area contributed by atoms with Crippen LogP contribution in [0.25, 0.3) is 0 Å². The van der Waals surface area contributed by atoms with Crippen molar-refractivity contribution < 1.29 is 7.67 Å². The summed E-state index contributed by atoms with van der Waals surface area (Å²) in [5, 5.41) is 0. The Hall–Kier alpha value is -0.251. The number of aryl methyl sites for hydroxylation is 1. The summed E-state index contributed by atoms with van der Waals surface area (Å²) in [4.78, 5) is 4.09. The van der Waals surface area contributed by atoms with Gasteiger partial charge in [0.1, 0.15) is 4.60 Å². The molecule has 0 bridgehead atoms. The van der Waals surface area contributed by atoms with Gasteiger partial charge in [0.2, 0.25) is 0 Å². The summed E-state index contributed by atoms with van der Waals surface area (Å²) in [6.45, 7) is 1.96. The monoisotopic (exact) mass is 283 g/mol. The van der Waals surface area contributed by atoms with Gasteiger partial charge in [-0.05, 0) is 35.0 Å². The van der Waals surface area contributed by atoms with Crippen molar-refractivity contribution in [3.8, 4) is 0 Å². The Kier molecular flexibility index (Phi) is 6.31. The summed E-state index contributed by atoms with van der Waals surface area (Å²) in [7, 11) is 0. The summed E-state index contributed by atoms with van der Waals surface area (Å²) in [6.07, 6.45) is 0. The van der Waals surface area contributed by atoms with E-state index >= 15 is 0 Å². The van der Waals surface area contributed by atoms with Crippen molar-refractivity contribution in [2.24, 2.45) is 0 Å². The van der Waals surface area contributed by atoms with Gasteiger partial charge in [-0.15, -0.1) is 0 Å². The maximum atomic E-state index is 8.44. The molecule has 0 saturated carbocycles. The molecular weight excluding hydrogens is 277 g/mol. The fourth-order valence-electron chi connectivity index (χ4n) is 0.510. The van der Waals surface area contributed by atoms with E-state index in [0.717, 1.165) is 10.3 Å². The Morgan fingerprint density at radius 2 is 2.00 bits per heavy atom. The third kappa shape index (κ3) is 6.16. The van der Waals surface area contributed by atoms with Gasteiger partial charge in [-0.3, -0.25) is 0 Å². The molecule has 5 heteroatoms. The second kappa shape index (κ2) is 6.46. The molecule has 60 valence electrons. The molecule has 0 aliphatic heterocycles. The zero-order valence-electron chi connectivity index (χ0n) is 5.78. The van der Waals surface area contributed by atoms with E-state index in [1.54, 1.807) is 0 Å². The average molecular weight is 283 g/mol. The molecule has 0 radical (unpaired) electrons. The standard InChI is InChI=1S/C6H6BrN.O2Se/c1-5-3-2-4-6(7)8-5;1-3-2/h2-4H,1H3;. The van der Waals surface area contributed by atoms with Crippen LogP contribution in [-0.2, 0) is 7.67 Å². The molecule has 0 fully saturated rings. The fraction of sp³-hybridized carbons (Fsp3) is 0.167. The summed E-state index contributed by atoms with van der Waals surface area (Å²) < 4.78 is 17.8. The molecule has 0 N–H and O–H groups in total. The van der Waals surface area contributed by atoms with Crippen molar-refractivity contribution in [2.75, 3.05) is 0 Å². The van der Waals surface area contributed by atoms with Crippen LogP contribution in [0, 0.1) is 6.92 Å². The molecule has 1 aromatic rings. The van der Waals surface area contributed by atoms with Crippen molar-refractivity contribution in [1.82, 2.24) is 4.98 Å². The minimum absolute atomic E-state index is 0.900. The van der Waals surface area contributed by atoms with E-state index in [1.165, 1.54) is 0 Å². The molecule has 0 unspecified atom stereocenters. The van der Waals surface area contributed by atoms with E-state index in [4.69, 9.17) is 7.67 Å². The van der Waals surface area contributed by atoms with Gasteiger partial charge in [-0.25, -0.2) is 4.98 Å². The van der Waals surface area contributed by atoms with Crippen LogP contribution >= 0.6 is 15.9 Å². The van der Waals surface area contributed by atoms with Crippen LogP contribution in [0.2, 0.25) is 0 Å². The van der Waals surface area contributed by atoms with Crippen LogP contribution in [-0.4, -0.2) is 19.8 Å². The first kappa shape index (κ1) is 10.7. The molecule has 0 saturated heterocycles. The van der Waals surface area contributed by atoms with E-state index in [1.807, 2.05) is 25.1 Å². The molecule has 11 heavy (non-hydrogen) atoms. The topological polar surface area (TPSA) is 47.0 Å². The zero-order chi connectivity index (χ0) is 8.69. The molecule has 0 aromatic carbocycles. The van der Waals surface area contributed by atoms with Crippen LogP contribution in [0.5, 0.6) is 0 Å². The van der Waals surface area contributed by atoms with Gasteiger partial charge < -0.3 is 0 Å². The minimum atomic E-state index is -1.62. The Bertz CT molecular complexity index is 243. The summed E-state index contributed by atoms with van der Waals surface area (Å²) in [5.74, 6) is 0. The van der Waals surface area contributed by atoms with Crippen molar-refractivity contribution >= 4 is 30.8 Å². The SMILES string of the molecule is Cc1cccc(Br)n1.O=[Se]=O. The average Bonchev–Trinajstić information content (AvgIpc) is 1.88. The second-order valence-electron chi connectivity index (χ2n) is 1.67. The summed E-state index contributed by atoms with van der Waals surface area (Å²) >= 11 is 1.63. The van der Waals surface area contributed by atoms with E-state index in [9.17, 15) is 0 Å². The first-order valence-electron chi connectivity index (χ1n) is 2.71. The Labute approximate surface area is 78.9 Å². The molecule has 0 atom stereocenters. The van der Waals surface area contributed by atoms with Crippen molar-refractivity contribution in [3.63, 3.8) is 0 Å². The Morgan fingerprint density at radius 3 is 2.27 bits per heavy atom. The van der Waals surface area contributed by atoms with Crippen LogP contribution in [0.4, 0.5) is 0 Å². The van der Waals surface area contributed by atoms with Gasteiger partial charge in [0.05, 0.1) is 0 Å². The van der Waals surface area contributed by atoms with Crippen molar-refractivity contribution in [3.05, 3.63) is 28.5 Å². The van der Waals surface area contributed by atoms with E-state index in [-0.39, 0.29) is 0 Å². The first-order valence-corrected chi connectivity index (χ1v) is 4.91. The quantitative estimate of drug-likeness (QED) is 0.536. The normalized spacial score (nSPS) is 7.82. The zero-order valence-corrected chi connectivity index (χ0v) is 9.08. The molecule has 1 aromatic heterocycles. The second-order valence-corrected chi connectivity index (χ2v) is 2.77. The number of aromatic nitrogens is 1. The summed E-state index contributed by atoms with van der Waals surface area (Å²) in [6, 6.07) is 5.84. The molecule has 0 aliphatic carbocycles. The first-order chi connectivity index (χ1) is 5.20. The van der Waals surface area contributed by atoms with Gasteiger partial charge in [0.25, 0.3) is 0 Å². The van der Waals surface area contributed by atoms with Crippen molar-refractivity contribution in [2.45, 2.75) is 6.92 Å². The third-order valence-electron chi connectivity index (χ3n) is 0.854. The van der Waals surface area contributed by atoms with E-state index in [0.29, 0.717) is 0 Å². The van der Waals surface area contributed by atoms with Gasteiger partial charge in [0, 0.05) is 5.69 Å². The predicted molar refractivity (Wildman–Crippen MR) is 43.8 cm³/mol. The maximum absolute atomic E-state index is 8.44. The number of halogens is 1. The van der Waals surface area contributed by atoms with Gasteiger partial charge in [0.15, 0.2) is 0 Å². The molecular formula is C6H6BrNO2Se. The fourth-order valence-corrected chi connectivity index (χ4v) is 0.942. The van der Waals surface area contributed by atoms with Gasteiger partial charge in [-0.2, -0.15) is 0 Å². The Morgan fingerprint density at radius 1 is 1.45 bits per heavy atom. The molecule has 3 nitrogen and oxygen atoms in total. The number of nitrogens with zero attached hydrogens (tertiary/aromatic N) is 1. The molecule has 1 heterocycles. The Balaban J connectivity index is 0.000000292. The third-order valence-corrected chi connectivity index (χ3v) is 1.30. The van der Waals surface area contributed by atoms with Crippen LogP contribution in [0.1, 0.15) is 5.69 Å². The molecule has 0 amide bonds. The van der Waals surface area contributed by atoms with Gasteiger partial charge >= 0.3 is 22.5 Å². The van der Waals surface area contributed by atoms with Gasteiger partial charge in [-0.1, -0.05) is 6.07 Å². The van der Waals surface area contributed by atoms with E-state index in [2.05, 4.69) is 20.9 Å². The number of hydrogen-bond acceptors (Lipinski definition) is 3. The van der Waals surface area contributed by atoms with Crippen LogP contribution < -0.4 is 0 Å². The van der Waals surface area contributed by atoms with E-state index < -0.39 is 14.8 Å². The number of hydrogen-bond donors (Lipinski definition) is 0.